The minimum Gasteiger partial charge on any atom is -0.480 e. The highest BCUT2D eigenvalue weighted by molar-refractivity contribution is 5.89. The van der Waals surface area contributed by atoms with Crippen molar-refractivity contribution >= 4 is 22.6 Å². The van der Waals surface area contributed by atoms with E-state index in [9.17, 15) is 14.7 Å². The molecule has 0 radical (unpaired) electrons. The summed E-state index contributed by atoms with van der Waals surface area (Å²) >= 11 is 0. The molecule has 1 saturated carbocycles. The summed E-state index contributed by atoms with van der Waals surface area (Å²) in [4.78, 5) is 23.7. The van der Waals surface area contributed by atoms with Crippen LogP contribution in [0.3, 0.4) is 0 Å². The smallest absolute Gasteiger partial charge is 0.329 e. The van der Waals surface area contributed by atoms with Crippen LogP contribution in [0.15, 0.2) is 42.5 Å². The number of fused-ring (bicyclic) bond motifs is 1. The van der Waals surface area contributed by atoms with Crippen molar-refractivity contribution in [3.05, 3.63) is 48.0 Å². The van der Waals surface area contributed by atoms with Gasteiger partial charge >= 0.3 is 5.97 Å². The SMILES string of the molecule is O=C(Cc1ccc2ccccc2c1)NC1(C(=O)O)CCCC1. The molecule has 1 aliphatic rings. The quantitative estimate of drug-likeness (QED) is 0.912. The second-order valence-corrected chi connectivity index (χ2v) is 6.00. The Labute approximate surface area is 129 Å². The number of hydrogen-bond donors (Lipinski definition) is 2. The molecular weight excluding hydrogens is 278 g/mol. The van der Waals surface area contributed by atoms with Crippen LogP contribution in [0, 0.1) is 0 Å². The average Bonchev–Trinajstić information content (AvgIpc) is 2.97. The first-order valence-electron chi connectivity index (χ1n) is 7.61. The normalized spacial score (nSPS) is 16.5. The number of amides is 1. The second-order valence-electron chi connectivity index (χ2n) is 6.00. The van der Waals surface area contributed by atoms with Crippen LogP contribution in [0.4, 0.5) is 0 Å². The number of nitrogens with one attached hydrogen (secondary N) is 1. The van der Waals surface area contributed by atoms with Gasteiger partial charge in [0.2, 0.25) is 5.91 Å². The van der Waals surface area contributed by atoms with Gasteiger partial charge in [0.05, 0.1) is 6.42 Å². The molecule has 1 amide bonds. The van der Waals surface area contributed by atoms with Gasteiger partial charge in [0.1, 0.15) is 5.54 Å². The molecule has 2 aromatic carbocycles. The maximum atomic E-state index is 12.2. The summed E-state index contributed by atoms with van der Waals surface area (Å²) in [5, 5.41) is 14.4. The van der Waals surface area contributed by atoms with Gasteiger partial charge in [0.15, 0.2) is 0 Å². The van der Waals surface area contributed by atoms with Gasteiger partial charge in [0.25, 0.3) is 0 Å². The molecule has 3 rings (SSSR count). The van der Waals surface area contributed by atoms with Crippen LogP contribution in [0.2, 0.25) is 0 Å². The highest BCUT2D eigenvalue weighted by Gasteiger charge is 2.42. The van der Waals surface area contributed by atoms with Crippen LogP contribution in [-0.4, -0.2) is 22.5 Å². The lowest BCUT2D eigenvalue weighted by Crippen LogP contribution is -2.52. The zero-order valence-electron chi connectivity index (χ0n) is 12.3. The first-order chi connectivity index (χ1) is 10.6. The van der Waals surface area contributed by atoms with E-state index in [1.54, 1.807) is 0 Å². The Morgan fingerprint density at radius 1 is 1.05 bits per heavy atom. The third-order valence-corrected chi connectivity index (χ3v) is 4.42. The Hall–Kier alpha value is -2.36. The lowest BCUT2D eigenvalue weighted by Gasteiger charge is -2.25. The van der Waals surface area contributed by atoms with E-state index in [4.69, 9.17) is 0 Å². The number of hydrogen-bond acceptors (Lipinski definition) is 2. The van der Waals surface area contributed by atoms with E-state index in [1.807, 2.05) is 42.5 Å². The third-order valence-electron chi connectivity index (χ3n) is 4.42. The van der Waals surface area contributed by atoms with Crippen molar-refractivity contribution in [2.24, 2.45) is 0 Å². The maximum absolute atomic E-state index is 12.2. The number of rotatable bonds is 4. The van der Waals surface area contributed by atoms with Crippen molar-refractivity contribution in [2.75, 3.05) is 0 Å². The molecule has 0 unspecified atom stereocenters. The molecule has 2 N–H and O–H groups in total. The van der Waals surface area contributed by atoms with E-state index in [0.29, 0.717) is 12.8 Å². The summed E-state index contributed by atoms with van der Waals surface area (Å²) in [5.41, 5.74) is -0.164. The van der Waals surface area contributed by atoms with E-state index >= 15 is 0 Å². The molecule has 0 saturated heterocycles. The number of benzene rings is 2. The largest absolute Gasteiger partial charge is 0.480 e. The zero-order valence-corrected chi connectivity index (χ0v) is 12.3. The number of carbonyl (C=O) groups excluding carboxylic acids is 1. The van der Waals surface area contributed by atoms with Gasteiger partial charge in [-0.05, 0) is 29.2 Å². The highest BCUT2D eigenvalue weighted by atomic mass is 16.4. The summed E-state index contributed by atoms with van der Waals surface area (Å²) in [5.74, 6) is -1.14. The molecule has 1 fully saturated rings. The first kappa shape index (κ1) is 14.6. The van der Waals surface area contributed by atoms with Crippen LogP contribution in [-0.2, 0) is 16.0 Å². The maximum Gasteiger partial charge on any atom is 0.329 e. The number of carbonyl (C=O) groups is 2. The van der Waals surface area contributed by atoms with Crippen LogP contribution in [0.1, 0.15) is 31.2 Å². The van der Waals surface area contributed by atoms with E-state index in [1.165, 1.54) is 0 Å². The van der Waals surface area contributed by atoms with Gasteiger partial charge in [-0.1, -0.05) is 55.3 Å². The second kappa shape index (κ2) is 5.79. The highest BCUT2D eigenvalue weighted by Crippen LogP contribution is 2.30. The Bertz CT molecular complexity index is 717. The van der Waals surface area contributed by atoms with Crippen molar-refractivity contribution in [3.8, 4) is 0 Å². The third kappa shape index (κ3) is 2.82. The van der Waals surface area contributed by atoms with Crippen LogP contribution in [0.25, 0.3) is 10.8 Å². The van der Waals surface area contributed by atoms with Crippen molar-refractivity contribution in [1.29, 1.82) is 0 Å². The number of carboxylic acids is 1. The fraction of sp³-hybridized carbons (Fsp3) is 0.333. The monoisotopic (exact) mass is 297 g/mol. The Morgan fingerprint density at radius 2 is 1.73 bits per heavy atom. The summed E-state index contributed by atoms with van der Waals surface area (Å²) in [7, 11) is 0. The van der Waals surface area contributed by atoms with Gasteiger partial charge in [-0.2, -0.15) is 0 Å². The summed E-state index contributed by atoms with van der Waals surface area (Å²) < 4.78 is 0. The fourth-order valence-electron chi connectivity index (χ4n) is 3.22. The summed E-state index contributed by atoms with van der Waals surface area (Å²) in [6, 6.07) is 13.9. The molecule has 4 nitrogen and oxygen atoms in total. The van der Waals surface area contributed by atoms with E-state index in [-0.39, 0.29) is 12.3 Å². The van der Waals surface area contributed by atoms with E-state index in [0.717, 1.165) is 29.2 Å². The molecule has 114 valence electrons. The van der Waals surface area contributed by atoms with Crippen molar-refractivity contribution in [3.63, 3.8) is 0 Å². The molecule has 0 atom stereocenters. The molecule has 2 aromatic rings. The molecule has 0 spiro atoms. The van der Waals surface area contributed by atoms with Gasteiger partial charge in [-0.25, -0.2) is 4.79 Å². The van der Waals surface area contributed by atoms with Crippen LogP contribution in [0.5, 0.6) is 0 Å². The molecular formula is C18H19NO3. The van der Waals surface area contributed by atoms with Crippen molar-refractivity contribution in [1.82, 2.24) is 5.32 Å². The van der Waals surface area contributed by atoms with Crippen LogP contribution < -0.4 is 5.32 Å². The number of aliphatic carboxylic acids is 1. The van der Waals surface area contributed by atoms with Gasteiger partial charge in [0, 0.05) is 0 Å². The summed E-state index contributed by atoms with van der Waals surface area (Å²) in [6.45, 7) is 0. The van der Waals surface area contributed by atoms with Crippen LogP contribution >= 0.6 is 0 Å². The van der Waals surface area contributed by atoms with Gasteiger partial charge < -0.3 is 10.4 Å². The minimum atomic E-state index is -1.06. The predicted molar refractivity (Wildman–Crippen MR) is 84.6 cm³/mol. The van der Waals surface area contributed by atoms with E-state index in [2.05, 4.69) is 5.32 Å². The molecule has 0 heterocycles. The lowest BCUT2D eigenvalue weighted by molar-refractivity contribution is -0.147. The molecule has 0 aromatic heterocycles. The number of carboxylic acid groups (broad SMARTS) is 1. The lowest BCUT2D eigenvalue weighted by atomic mass is 9.97. The zero-order chi connectivity index (χ0) is 15.6. The molecule has 0 bridgehead atoms. The van der Waals surface area contributed by atoms with Crippen molar-refractivity contribution in [2.45, 2.75) is 37.6 Å². The Kier molecular flexibility index (Phi) is 3.84. The average molecular weight is 297 g/mol. The molecule has 1 aliphatic carbocycles. The fourth-order valence-corrected chi connectivity index (χ4v) is 3.22. The summed E-state index contributed by atoms with van der Waals surface area (Å²) in [6.07, 6.45) is 2.95. The first-order valence-corrected chi connectivity index (χ1v) is 7.61. The Balaban J connectivity index is 1.74. The van der Waals surface area contributed by atoms with Gasteiger partial charge in [-0.3, -0.25) is 4.79 Å². The van der Waals surface area contributed by atoms with E-state index < -0.39 is 11.5 Å². The predicted octanol–water partition coefficient (Wildman–Crippen LogP) is 2.90. The molecule has 4 heteroatoms. The van der Waals surface area contributed by atoms with Crippen molar-refractivity contribution < 1.29 is 14.7 Å². The van der Waals surface area contributed by atoms with Gasteiger partial charge in [-0.15, -0.1) is 0 Å². The molecule has 22 heavy (non-hydrogen) atoms. The Morgan fingerprint density at radius 3 is 2.41 bits per heavy atom. The minimum absolute atomic E-state index is 0.208. The standard InChI is InChI=1S/C18H19NO3/c20-16(19-18(17(21)22)9-3-4-10-18)12-13-7-8-14-5-1-2-6-15(14)11-13/h1-2,5-8,11H,3-4,9-10,12H2,(H,19,20)(H,21,22). The topological polar surface area (TPSA) is 66.4 Å². The molecule has 0 aliphatic heterocycles.